The lowest BCUT2D eigenvalue weighted by Gasteiger charge is -2.37. The molecular formula is C22H25N3O2. The van der Waals surface area contributed by atoms with Crippen molar-refractivity contribution in [1.82, 2.24) is 5.01 Å². The maximum Gasteiger partial charge on any atom is 0.254 e. The van der Waals surface area contributed by atoms with Gasteiger partial charge in [0, 0.05) is 18.8 Å². The molecule has 1 aromatic rings. The summed E-state index contributed by atoms with van der Waals surface area (Å²) in [6, 6.07) is 8.07. The molecule has 6 atom stereocenters. The number of rotatable bonds is 5. The Balaban J connectivity index is 1.34. The van der Waals surface area contributed by atoms with Crippen molar-refractivity contribution < 1.29 is 9.59 Å². The number of carbonyl (C=O) groups excluding carboxylic acids is 2. The first kappa shape index (κ1) is 16.7. The molecule has 5 nitrogen and oxygen atoms in total. The number of hydrazone groups is 1. The Bertz CT molecular complexity index is 804. The molecule has 0 N–H and O–H groups in total. The van der Waals surface area contributed by atoms with E-state index in [9.17, 15) is 9.59 Å². The highest BCUT2D eigenvalue weighted by Crippen LogP contribution is 2.65. The van der Waals surface area contributed by atoms with E-state index >= 15 is 0 Å². The van der Waals surface area contributed by atoms with Gasteiger partial charge in [-0.3, -0.25) is 9.59 Å². The van der Waals surface area contributed by atoms with Crippen molar-refractivity contribution in [3.05, 3.63) is 42.0 Å². The Hall–Kier alpha value is -2.43. The van der Waals surface area contributed by atoms with Crippen molar-refractivity contribution >= 4 is 23.7 Å². The van der Waals surface area contributed by atoms with Gasteiger partial charge in [-0.15, -0.1) is 0 Å². The van der Waals surface area contributed by atoms with Gasteiger partial charge in [0.25, 0.3) is 11.8 Å². The Morgan fingerprint density at radius 2 is 1.56 bits per heavy atom. The molecule has 1 heterocycles. The molecule has 3 fully saturated rings. The quantitative estimate of drug-likeness (QED) is 0.459. The van der Waals surface area contributed by atoms with Crippen LogP contribution >= 0.6 is 0 Å². The minimum atomic E-state index is -0.182. The molecule has 1 saturated heterocycles. The van der Waals surface area contributed by atoms with Crippen LogP contribution < -0.4 is 4.90 Å². The van der Waals surface area contributed by atoms with Crippen molar-refractivity contribution in [1.29, 1.82) is 0 Å². The van der Waals surface area contributed by atoms with E-state index in [4.69, 9.17) is 0 Å². The second-order valence-corrected chi connectivity index (χ2v) is 8.15. The van der Waals surface area contributed by atoms with Gasteiger partial charge in [0.05, 0.1) is 18.1 Å². The number of imide groups is 1. The van der Waals surface area contributed by atoms with Gasteiger partial charge < -0.3 is 4.90 Å². The van der Waals surface area contributed by atoms with Crippen molar-refractivity contribution in [2.24, 2.45) is 40.6 Å². The van der Waals surface area contributed by atoms with Crippen LogP contribution in [-0.4, -0.2) is 36.1 Å². The summed E-state index contributed by atoms with van der Waals surface area (Å²) < 4.78 is 0. The molecule has 0 spiro atoms. The zero-order valence-corrected chi connectivity index (χ0v) is 15.8. The average molecular weight is 363 g/mol. The smallest absolute Gasteiger partial charge is 0.254 e. The number of nitrogens with zero attached hydrogens (tertiary/aromatic N) is 3. The summed E-state index contributed by atoms with van der Waals surface area (Å²) in [6.45, 7) is 6.19. The fourth-order valence-electron chi connectivity index (χ4n) is 5.54. The van der Waals surface area contributed by atoms with Gasteiger partial charge in [-0.05, 0) is 61.6 Å². The van der Waals surface area contributed by atoms with Crippen LogP contribution in [-0.2, 0) is 9.59 Å². The summed E-state index contributed by atoms with van der Waals surface area (Å²) in [6.07, 6.45) is 7.18. The number of carbonyl (C=O) groups is 2. The predicted octanol–water partition coefficient (Wildman–Crippen LogP) is 2.92. The monoisotopic (exact) mass is 363 g/mol. The lowest BCUT2D eigenvalue weighted by Crippen LogP contribution is -2.40. The SMILES string of the molecule is CCN(CC)c1ccc(C=NN2C(=O)[C@@H]3[C@H]4C=C[C@@H]([C@@H]5C[C@@H]45)[C@@H]3C2=O)cc1. The van der Waals surface area contributed by atoms with Crippen LogP contribution in [0.4, 0.5) is 5.69 Å². The molecule has 0 radical (unpaired) electrons. The highest BCUT2D eigenvalue weighted by molar-refractivity contribution is 6.06. The highest BCUT2D eigenvalue weighted by Gasteiger charge is 2.67. The standard InChI is InChI=1S/C22H25N3O2/c1-3-24(4-2)14-7-5-13(6-8-14)12-23-25-21(26)19-15-9-10-16(18-11-17(15)18)20(19)22(25)27/h5-10,12,15-20H,3-4,11H2,1-2H3/t15-,16-,17-,18-,19-,20+/m0/s1. The number of hydrogen-bond donors (Lipinski definition) is 0. The van der Waals surface area contributed by atoms with Gasteiger partial charge in [-0.1, -0.05) is 24.3 Å². The Morgan fingerprint density at radius 3 is 2.07 bits per heavy atom. The second kappa shape index (κ2) is 6.04. The maximum absolute atomic E-state index is 12.9. The Kier molecular flexibility index (Phi) is 3.74. The molecule has 2 saturated carbocycles. The largest absolute Gasteiger partial charge is 0.372 e. The third-order valence-corrected chi connectivity index (χ3v) is 6.98. The van der Waals surface area contributed by atoms with E-state index in [2.05, 4.69) is 48.1 Å². The molecular weight excluding hydrogens is 338 g/mol. The van der Waals surface area contributed by atoms with E-state index in [0.717, 1.165) is 23.7 Å². The normalized spacial score (nSPS) is 35.7. The molecule has 6 rings (SSSR count). The van der Waals surface area contributed by atoms with Crippen LogP contribution in [0, 0.1) is 35.5 Å². The van der Waals surface area contributed by atoms with Crippen LogP contribution in [0.25, 0.3) is 0 Å². The van der Waals surface area contributed by atoms with Crippen molar-refractivity contribution in [2.45, 2.75) is 20.3 Å². The minimum Gasteiger partial charge on any atom is -0.372 e. The average Bonchev–Trinajstić information content (AvgIpc) is 3.47. The zero-order chi connectivity index (χ0) is 18.7. The first-order valence-electron chi connectivity index (χ1n) is 10.1. The van der Waals surface area contributed by atoms with E-state index in [1.54, 1.807) is 6.21 Å². The van der Waals surface area contributed by atoms with Crippen molar-refractivity contribution in [2.75, 3.05) is 18.0 Å². The number of allylic oxidation sites excluding steroid dienone is 2. The molecule has 2 amide bonds. The molecule has 4 aliphatic carbocycles. The molecule has 1 aromatic carbocycles. The summed E-state index contributed by atoms with van der Waals surface area (Å²) >= 11 is 0. The first-order valence-corrected chi connectivity index (χ1v) is 10.1. The van der Waals surface area contributed by atoms with Gasteiger partial charge in [-0.2, -0.15) is 10.1 Å². The van der Waals surface area contributed by atoms with Gasteiger partial charge in [0.1, 0.15) is 0 Å². The van der Waals surface area contributed by atoms with Crippen molar-refractivity contribution in [3.8, 4) is 0 Å². The van der Waals surface area contributed by atoms with Crippen molar-refractivity contribution in [3.63, 3.8) is 0 Å². The molecule has 140 valence electrons. The molecule has 27 heavy (non-hydrogen) atoms. The second-order valence-electron chi connectivity index (χ2n) is 8.15. The third kappa shape index (κ3) is 2.40. The number of anilines is 1. The summed E-state index contributed by atoms with van der Waals surface area (Å²) in [7, 11) is 0. The predicted molar refractivity (Wildman–Crippen MR) is 104 cm³/mol. The summed E-state index contributed by atoms with van der Waals surface area (Å²) in [5.74, 6) is 1.16. The van der Waals surface area contributed by atoms with Gasteiger partial charge in [0.2, 0.25) is 0 Å². The number of benzene rings is 1. The highest BCUT2D eigenvalue weighted by atomic mass is 16.2. The van der Waals surface area contributed by atoms with Crippen LogP contribution in [0.2, 0.25) is 0 Å². The van der Waals surface area contributed by atoms with Gasteiger partial charge in [0.15, 0.2) is 0 Å². The molecule has 0 unspecified atom stereocenters. The van der Waals surface area contributed by atoms with E-state index in [-0.39, 0.29) is 35.5 Å². The molecule has 2 bridgehead atoms. The number of amides is 2. The zero-order valence-electron chi connectivity index (χ0n) is 15.8. The maximum atomic E-state index is 12.9. The Labute approximate surface area is 159 Å². The molecule has 0 aromatic heterocycles. The lowest BCUT2D eigenvalue weighted by molar-refractivity contribution is -0.140. The van der Waals surface area contributed by atoms with Crippen LogP contribution in [0.1, 0.15) is 25.8 Å². The van der Waals surface area contributed by atoms with Crippen LogP contribution in [0.15, 0.2) is 41.5 Å². The first-order chi connectivity index (χ1) is 13.1. The van der Waals surface area contributed by atoms with E-state index < -0.39 is 0 Å². The summed E-state index contributed by atoms with van der Waals surface area (Å²) in [5.41, 5.74) is 2.06. The van der Waals surface area contributed by atoms with Gasteiger partial charge >= 0.3 is 0 Å². The van der Waals surface area contributed by atoms with Crippen LogP contribution in [0.3, 0.4) is 0 Å². The molecule has 5 heteroatoms. The van der Waals surface area contributed by atoms with Gasteiger partial charge in [-0.25, -0.2) is 0 Å². The third-order valence-electron chi connectivity index (χ3n) is 6.98. The van der Waals surface area contributed by atoms with E-state index in [0.29, 0.717) is 11.8 Å². The topological polar surface area (TPSA) is 53.0 Å². The minimum absolute atomic E-state index is 0.106. The Morgan fingerprint density at radius 1 is 1.00 bits per heavy atom. The fraction of sp³-hybridized carbons (Fsp3) is 0.500. The van der Waals surface area contributed by atoms with E-state index in [1.807, 2.05) is 12.1 Å². The summed E-state index contributed by atoms with van der Waals surface area (Å²) in [5, 5.41) is 5.44. The summed E-state index contributed by atoms with van der Waals surface area (Å²) in [4.78, 5) is 28.1. The van der Waals surface area contributed by atoms with E-state index in [1.165, 1.54) is 12.1 Å². The number of hydrogen-bond acceptors (Lipinski definition) is 4. The lowest BCUT2D eigenvalue weighted by atomic mass is 9.63. The fourth-order valence-corrected chi connectivity index (χ4v) is 5.54. The van der Waals surface area contributed by atoms with Crippen LogP contribution in [0.5, 0.6) is 0 Å². The molecule has 5 aliphatic rings. The molecule has 1 aliphatic heterocycles.